The van der Waals surface area contributed by atoms with Crippen LogP contribution in [0.25, 0.3) is 0 Å². The number of hydrogen-bond acceptors (Lipinski definition) is 7. The Kier molecular flexibility index (Phi) is 9.70. The van der Waals surface area contributed by atoms with E-state index >= 15 is 0 Å². The van der Waals surface area contributed by atoms with Gasteiger partial charge < -0.3 is 29.7 Å². The quantitative estimate of drug-likeness (QED) is 0.273. The fourth-order valence-corrected chi connectivity index (χ4v) is 7.93. The fraction of sp³-hybridized carbons (Fsp3) is 0.600. The van der Waals surface area contributed by atoms with Gasteiger partial charge >= 0.3 is 5.97 Å². The Labute approximate surface area is 264 Å². The Morgan fingerprint density at radius 1 is 0.956 bits per heavy atom. The third-order valence-electron chi connectivity index (χ3n) is 10.2. The SMILES string of the molecule is O=C1CC/C=C\CN(C2CCCCC2)C(=O)[C@H]2N(CCCCCO)C(=O)[C@@H]3[C@@H](C(=O)O[C@@H](c4ccccc4)CN1)[C@H]1C=C[C@]32O1. The van der Waals surface area contributed by atoms with Crippen molar-refractivity contribution in [3.63, 3.8) is 0 Å². The van der Waals surface area contributed by atoms with Gasteiger partial charge in [0.25, 0.3) is 0 Å². The minimum absolute atomic E-state index is 0.0399. The number of nitrogens with one attached hydrogen (secondary N) is 1. The number of allylic oxidation sites excluding steroid dienone is 1. The van der Waals surface area contributed by atoms with Crippen LogP contribution in [0, 0.1) is 11.8 Å². The van der Waals surface area contributed by atoms with E-state index in [1.54, 1.807) is 4.90 Å². The van der Waals surface area contributed by atoms with Gasteiger partial charge in [0.15, 0.2) is 0 Å². The number of nitrogens with zero attached hydrogens (tertiary/aromatic N) is 2. The average molecular weight is 620 g/mol. The van der Waals surface area contributed by atoms with Gasteiger partial charge in [0.2, 0.25) is 17.7 Å². The second kappa shape index (κ2) is 13.9. The van der Waals surface area contributed by atoms with Crippen LogP contribution in [0.4, 0.5) is 0 Å². The molecule has 45 heavy (non-hydrogen) atoms. The molecule has 6 atom stereocenters. The molecule has 5 bridgehead atoms. The van der Waals surface area contributed by atoms with Crippen LogP contribution in [0.1, 0.15) is 75.9 Å². The topological polar surface area (TPSA) is 125 Å². The summed E-state index contributed by atoms with van der Waals surface area (Å²) in [6, 6.07) is 8.39. The van der Waals surface area contributed by atoms with Gasteiger partial charge in [-0.2, -0.15) is 0 Å². The number of rotatable bonds is 7. The van der Waals surface area contributed by atoms with E-state index in [4.69, 9.17) is 9.47 Å². The molecule has 3 fully saturated rings. The molecule has 0 unspecified atom stereocenters. The average Bonchev–Trinajstić information content (AvgIpc) is 3.70. The third-order valence-corrected chi connectivity index (χ3v) is 10.2. The third kappa shape index (κ3) is 6.19. The fourth-order valence-electron chi connectivity index (χ4n) is 7.93. The summed E-state index contributed by atoms with van der Waals surface area (Å²) in [5.74, 6) is -2.96. The number of ether oxygens (including phenoxy) is 2. The summed E-state index contributed by atoms with van der Waals surface area (Å²) in [6.07, 6.45) is 13.8. The first-order valence-electron chi connectivity index (χ1n) is 16.7. The van der Waals surface area contributed by atoms with Crippen LogP contribution in [0.3, 0.4) is 0 Å². The van der Waals surface area contributed by atoms with Crippen molar-refractivity contribution in [1.29, 1.82) is 0 Å². The summed E-state index contributed by atoms with van der Waals surface area (Å²) in [5.41, 5.74) is -0.529. The summed E-state index contributed by atoms with van der Waals surface area (Å²) >= 11 is 0. The first-order chi connectivity index (χ1) is 21.9. The molecule has 10 nitrogen and oxygen atoms in total. The lowest BCUT2D eigenvalue weighted by Gasteiger charge is -2.40. The maximum Gasteiger partial charge on any atom is 0.313 e. The molecule has 1 saturated carbocycles. The Balaban J connectivity index is 1.38. The van der Waals surface area contributed by atoms with Gasteiger partial charge in [-0.1, -0.05) is 73.9 Å². The summed E-state index contributed by atoms with van der Waals surface area (Å²) in [5, 5.41) is 12.3. The summed E-state index contributed by atoms with van der Waals surface area (Å²) in [6.45, 7) is 0.882. The number of aliphatic hydroxyl groups is 1. The van der Waals surface area contributed by atoms with E-state index in [9.17, 15) is 24.3 Å². The Bertz CT molecular complexity index is 1310. The van der Waals surface area contributed by atoms with E-state index in [0.29, 0.717) is 38.8 Å². The molecule has 3 amide bonds. The smallest absolute Gasteiger partial charge is 0.313 e. The van der Waals surface area contributed by atoms with Crippen molar-refractivity contribution in [2.75, 3.05) is 26.2 Å². The van der Waals surface area contributed by atoms with Crippen LogP contribution < -0.4 is 5.32 Å². The minimum atomic E-state index is -1.26. The summed E-state index contributed by atoms with van der Waals surface area (Å²) in [7, 11) is 0. The van der Waals surface area contributed by atoms with Gasteiger partial charge in [-0.05, 0) is 44.1 Å². The molecule has 1 spiro atoms. The van der Waals surface area contributed by atoms with Crippen molar-refractivity contribution >= 4 is 23.7 Å². The molecule has 4 aliphatic heterocycles. The number of benzene rings is 1. The van der Waals surface area contributed by atoms with E-state index in [0.717, 1.165) is 37.7 Å². The zero-order valence-corrected chi connectivity index (χ0v) is 25.9. The zero-order chi connectivity index (χ0) is 31.4. The monoisotopic (exact) mass is 619 g/mol. The molecule has 1 aromatic carbocycles. The number of fused-ring (bicyclic) bond motifs is 2. The summed E-state index contributed by atoms with van der Waals surface area (Å²) in [4.78, 5) is 59.5. The highest BCUT2D eigenvalue weighted by Crippen LogP contribution is 2.56. The van der Waals surface area contributed by atoms with Gasteiger partial charge in [0, 0.05) is 32.2 Å². The zero-order valence-electron chi connectivity index (χ0n) is 25.9. The standard InChI is InChI=1S/C35H45N3O7/c39-22-12-4-11-21-38-31-33(42)37(25-15-7-2-8-16-25)20-10-3-9-17-28(40)36-23-27(24-13-5-1-6-14-24)44-34(43)29-26-18-19-35(31,45-26)30(29)32(38)41/h1,3,5-6,10,13-14,18-19,25-27,29-31,39H,2,4,7-9,11-12,15-17,20-23H2,(H,36,40)/b10-3-/t26-,27-,29+,30+,31-,35+/m1/s1. The second-order valence-electron chi connectivity index (χ2n) is 12.9. The lowest BCUT2D eigenvalue weighted by Crippen LogP contribution is -2.58. The van der Waals surface area contributed by atoms with E-state index in [1.807, 2.05) is 59.5 Å². The normalized spacial score (nSPS) is 33.3. The van der Waals surface area contributed by atoms with Crippen LogP contribution in [0.5, 0.6) is 0 Å². The molecular weight excluding hydrogens is 574 g/mol. The lowest BCUT2D eigenvalue weighted by atomic mass is 9.74. The lowest BCUT2D eigenvalue weighted by molar-refractivity contribution is -0.160. The van der Waals surface area contributed by atoms with E-state index in [1.165, 1.54) is 0 Å². The van der Waals surface area contributed by atoms with E-state index < -0.39 is 41.7 Å². The maximum absolute atomic E-state index is 14.8. The molecule has 10 heteroatoms. The number of aliphatic hydroxyl groups excluding tert-OH is 1. The molecule has 5 aliphatic rings. The molecule has 242 valence electrons. The molecule has 6 rings (SSSR count). The summed E-state index contributed by atoms with van der Waals surface area (Å²) < 4.78 is 12.7. The number of carbonyl (C=O) groups excluding carboxylic acids is 4. The molecular formula is C35H45N3O7. The van der Waals surface area contributed by atoms with Gasteiger partial charge in [0.05, 0.1) is 18.6 Å². The number of likely N-dealkylation sites (tertiary alicyclic amines) is 1. The number of unbranched alkanes of at least 4 members (excludes halogenated alkanes) is 2. The maximum atomic E-state index is 14.8. The highest BCUT2D eigenvalue weighted by molar-refractivity contribution is 5.99. The molecule has 2 N–H and O–H groups in total. The van der Waals surface area contributed by atoms with E-state index in [2.05, 4.69) is 5.32 Å². The van der Waals surface area contributed by atoms with Crippen LogP contribution in [0.2, 0.25) is 0 Å². The van der Waals surface area contributed by atoms with Crippen LogP contribution >= 0.6 is 0 Å². The van der Waals surface area contributed by atoms with Crippen molar-refractivity contribution < 1.29 is 33.8 Å². The first-order valence-corrected chi connectivity index (χ1v) is 16.7. The Morgan fingerprint density at radius 3 is 2.53 bits per heavy atom. The Hall–Kier alpha value is -3.50. The van der Waals surface area contributed by atoms with Crippen LogP contribution in [-0.4, -0.2) is 88.6 Å². The number of cyclic esters (lactones) is 1. The predicted octanol–water partition coefficient (Wildman–Crippen LogP) is 3.21. The minimum Gasteiger partial charge on any atom is -0.455 e. The molecule has 1 aromatic rings. The number of carbonyl (C=O) groups is 4. The first kappa shape index (κ1) is 31.5. The van der Waals surface area contributed by atoms with E-state index in [-0.39, 0.29) is 43.3 Å². The molecule has 0 aromatic heterocycles. The van der Waals surface area contributed by atoms with Gasteiger partial charge in [-0.15, -0.1) is 0 Å². The van der Waals surface area contributed by atoms with Crippen LogP contribution in [0.15, 0.2) is 54.6 Å². The van der Waals surface area contributed by atoms with Crippen molar-refractivity contribution in [3.05, 3.63) is 60.2 Å². The van der Waals surface area contributed by atoms with Crippen molar-refractivity contribution in [2.24, 2.45) is 11.8 Å². The molecule has 0 radical (unpaired) electrons. The number of amides is 3. The highest BCUT2D eigenvalue weighted by atomic mass is 16.6. The van der Waals surface area contributed by atoms with Crippen molar-refractivity contribution in [3.8, 4) is 0 Å². The number of hydrogen-bond donors (Lipinski definition) is 2. The molecule has 1 aliphatic carbocycles. The Morgan fingerprint density at radius 2 is 1.76 bits per heavy atom. The second-order valence-corrected chi connectivity index (χ2v) is 12.9. The van der Waals surface area contributed by atoms with Crippen LogP contribution in [-0.2, 0) is 28.7 Å². The van der Waals surface area contributed by atoms with Gasteiger partial charge in [-0.25, -0.2) is 0 Å². The van der Waals surface area contributed by atoms with Gasteiger partial charge in [0.1, 0.15) is 23.7 Å². The van der Waals surface area contributed by atoms with Crippen molar-refractivity contribution in [2.45, 2.75) is 94.1 Å². The van der Waals surface area contributed by atoms with Gasteiger partial charge in [-0.3, -0.25) is 19.2 Å². The highest BCUT2D eigenvalue weighted by Gasteiger charge is 2.73. The predicted molar refractivity (Wildman–Crippen MR) is 165 cm³/mol. The van der Waals surface area contributed by atoms with Crippen molar-refractivity contribution in [1.82, 2.24) is 15.1 Å². The largest absolute Gasteiger partial charge is 0.455 e. The molecule has 2 saturated heterocycles. The number of esters is 1. The molecule has 4 heterocycles.